The van der Waals surface area contributed by atoms with Crippen molar-refractivity contribution in [1.82, 2.24) is 19.8 Å². The van der Waals surface area contributed by atoms with Gasteiger partial charge in [0.1, 0.15) is 5.82 Å². The van der Waals surface area contributed by atoms with Crippen molar-refractivity contribution in [1.29, 1.82) is 0 Å². The smallest absolute Gasteiger partial charge is 0.282 e. The Morgan fingerprint density at radius 1 is 1.13 bits per heavy atom. The van der Waals surface area contributed by atoms with Crippen LogP contribution in [0.4, 0.5) is 4.39 Å². The van der Waals surface area contributed by atoms with Crippen LogP contribution < -0.4 is 10.9 Å². The zero-order valence-corrected chi connectivity index (χ0v) is 17.0. The van der Waals surface area contributed by atoms with Crippen LogP contribution in [0.1, 0.15) is 28.9 Å². The second kappa shape index (κ2) is 8.75. The van der Waals surface area contributed by atoms with Gasteiger partial charge >= 0.3 is 0 Å². The van der Waals surface area contributed by atoms with Gasteiger partial charge in [-0.2, -0.15) is 0 Å². The number of fused-ring (bicyclic) bond motifs is 1. The van der Waals surface area contributed by atoms with Crippen molar-refractivity contribution >= 4 is 16.9 Å². The number of likely N-dealkylation sites (tertiary alicyclic amines) is 1. The first-order valence-corrected chi connectivity index (χ1v) is 10.2. The third kappa shape index (κ3) is 4.41. The molecule has 2 aromatic carbocycles. The topological polar surface area (TPSA) is 67.2 Å². The summed E-state index contributed by atoms with van der Waals surface area (Å²) >= 11 is 0. The minimum atomic E-state index is -0.421. The van der Waals surface area contributed by atoms with E-state index < -0.39 is 5.91 Å². The lowest BCUT2D eigenvalue weighted by Gasteiger charge is -2.32. The highest BCUT2D eigenvalue weighted by molar-refractivity contribution is 5.93. The molecular weight excluding hydrogens is 383 g/mol. The number of piperidine rings is 1. The van der Waals surface area contributed by atoms with Crippen LogP contribution in [0.5, 0.6) is 0 Å². The number of halogens is 1. The molecule has 4 rings (SSSR count). The van der Waals surface area contributed by atoms with Crippen LogP contribution in [0.3, 0.4) is 0 Å². The van der Waals surface area contributed by atoms with E-state index >= 15 is 0 Å². The lowest BCUT2D eigenvalue weighted by atomic mass is 9.96. The second-order valence-electron chi connectivity index (χ2n) is 7.87. The maximum Gasteiger partial charge on any atom is 0.282 e. The molecule has 0 spiro atoms. The summed E-state index contributed by atoms with van der Waals surface area (Å²) < 4.78 is 14.5. The van der Waals surface area contributed by atoms with Gasteiger partial charge in [-0.15, -0.1) is 0 Å². The molecule has 1 amide bonds. The number of carbonyl (C=O) groups is 1. The van der Waals surface area contributed by atoms with Crippen LogP contribution in [0.2, 0.25) is 0 Å². The Bertz CT molecular complexity index is 1100. The van der Waals surface area contributed by atoms with Gasteiger partial charge in [0.25, 0.3) is 11.5 Å². The highest BCUT2D eigenvalue weighted by Gasteiger charge is 2.22. The van der Waals surface area contributed by atoms with E-state index in [1.165, 1.54) is 16.7 Å². The fourth-order valence-electron chi connectivity index (χ4n) is 3.94. The molecule has 6 nitrogen and oxygen atoms in total. The summed E-state index contributed by atoms with van der Waals surface area (Å²) in [6.07, 6.45) is 1.93. The van der Waals surface area contributed by atoms with Crippen LogP contribution >= 0.6 is 0 Å². The Labute approximate surface area is 174 Å². The van der Waals surface area contributed by atoms with E-state index in [0.29, 0.717) is 23.5 Å². The predicted octanol–water partition coefficient (Wildman–Crippen LogP) is 2.71. The summed E-state index contributed by atoms with van der Waals surface area (Å²) in [6, 6.07) is 13.9. The number of hydrogen-bond acceptors (Lipinski definition) is 4. The highest BCUT2D eigenvalue weighted by Crippen LogP contribution is 2.19. The molecule has 1 saturated heterocycles. The molecule has 0 radical (unpaired) electrons. The molecule has 3 aromatic rings. The van der Waals surface area contributed by atoms with E-state index in [0.717, 1.165) is 38.0 Å². The fourth-order valence-corrected chi connectivity index (χ4v) is 3.94. The number of benzene rings is 2. The van der Waals surface area contributed by atoms with Crippen LogP contribution in [0.25, 0.3) is 11.0 Å². The summed E-state index contributed by atoms with van der Waals surface area (Å²) in [5, 5.41) is 2.90. The maximum absolute atomic E-state index is 13.0. The van der Waals surface area contributed by atoms with E-state index in [4.69, 9.17) is 0 Å². The SMILES string of the molecule is Cn1c(=O)c(C(=O)NCC2CCN(Cc3ccc(F)cc3)CC2)nc2ccccc21. The zero-order valence-electron chi connectivity index (χ0n) is 17.0. The number of rotatable bonds is 5. The largest absolute Gasteiger partial charge is 0.350 e. The van der Waals surface area contributed by atoms with Crippen molar-refractivity contribution in [3.05, 3.63) is 76.0 Å². The standard InChI is InChI=1S/C23H25FN4O2/c1-27-20-5-3-2-4-19(20)26-21(23(27)30)22(29)25-14-16-10-12-28(13-11-16)15-17-6-8-18(24)9-7-17/h2-9,16H,10-15H2,1H3,(H,25,29). The number of carbonyl (C=O) groups excluding carboxylic acids is 1. The van der Waals surface area contributed by atoms with Gasteiger partial charge in [-0.05, 0) is 61.7 Å². The predicted molar refractivity (Wildman–Crippen MR) is 114 cm³/mol. The maximum atomic E-state index is 13.0. The third-order valence-electron chi connectivity index (χ3n) is 5.78. The lowest BCUT2D eigenvalue weighted by Crippen LogP contribution is -2.40. The van der Waals surface area contributed by atoms with Gasteiger partial charge < -0.3 is 9.88 Å². The minimum Gasteiger partial charge on any atom is -0.350 e. The van der Waals surface area contributed by atoms with Crippen LogP contribution in [0.15, 0.2) is 53.3 Å². The summed E-state index contributed by atoms with van der Waals surface area (Å²) in [6.45, 7) is 3.18. The van der Waals surface area contributed by atoms with E-state index in [1.54, 1.807) is 13.1 Å². The monoisotopic (exact) mass is 408 g/mol. The van der Waals surface area contributed by atoms with Crippen molar-refractivity contribution in [2.45, 2.75) is 19.4 Å². The first-order valence-electron chi connectivity index (χ1n) is 10.2. The highest BCUT2D eigenvalue weighted by atomic mass is 19.1. The van der Waals surface area contributed by atoms with Crippen molar-refractivity contribution in [2.24, 2.45) is 13.0 Å². The summed E-state index contributed by atoms with van der Waals surface area (Å²) in [5.41, 5.74) is 1.97. The Kier molecular flexibility index (Phi) is 5.90. The van der Waals surface area contributed by atoms with Gasteiger partial charge in [0.15, 0.2) is 5.69 Å². The molecule has 1 aliphatic heterocycles. The molecule has 1 N–H and O–H groups in total. The molecule has 1 aliphatic rings. The van der Waals surface area contributed by atoms with Crippen molar-refractivity contribution in [2.75, 3.05) is 19.6 Å². The first-order chi connectivity index (χ1) is 14.5. The van der Waals surface area contributed by atoms with Gasteiger partial charge in [0, 0.05) is 20.1 Å². The second-order valence-corrected chi connectivity index (χ2v) is 7.87. The summed E-state index contributed by atoms with van der Waals surface area (Å²) in [4.78, 5) is 31.8. The number of hydrogen-bond donors (Lipinski definition) is 1. The number of aryl methyl sites for hydroxylation is 1. The van der Waals surface area contributed by atoms with Gasteiger partial charge in [0.2, 0.25) is 0 Å². The van der Waals surface area contributed by atoms with E-state index in [2.05, 4.69) is 15.2 Å². The normalized spacial score (nSPS) is 15.4. The van der Waals surface area contributed by atoms with Crippen LogP contribution in [-0.4, -0.2) is 40.0 Å². The van der Waals surface area contributed by atoms with Gasteiger partial charge in [-0.1, -0.05) is 24.3 Å². The Balaban J connectivity index is 1.32. The number of amides is 1. The molecule has 2 heterocycles. The number of nitrogens with zero attached hydrogens (tertiary/aromatic N) is 3. The Morgan fingerprint density at radius 3 is 2.57 bits per heavy atom. The minimum absolute atomic E-state index is 0.0649. The van der Waals surface area contributed by atoms with Crippen molar-refractivity contribution < 1.29 is 9.18 Å². The van der Waals surface area contributed by atoms with E-state index in [1.807, 2.05) is 30.3 Å². The molecule has 0 saturated carbocycles. The summed E-state index contributed by atoms with van der Waals surface area (Å²) in [7, 11) is 1.65. The van der Waals surface area contributed by atoms with Gasteiger partial charge in [-0.3, -0.25) is 14.5 Å². The Hall–Kier alpha value is -3.06. The van der Waals surface area contributed by atoms with Crippen molar-refractivity contribution in [3.63, 3.8) is 0 Å². The van der Waals surface area contributed by atoms with Crippen molar-refractivity contribution in [3.8, 4) is 0 Å². The third-order valence-corrected chi connectivity index (χ3v) is 5.78. The number of aromatic nitrogens is 2. The quantitative estimate of drug-likeness (QED) is 0.705. The fraction of sp³-hybridized carbons (Fsp3) is 0.348. The number of para-hydroxylation sites is 2. The molecule has 0 aliphatic carbocycles. The average molecular weight is 408 g/mol. The van der Waals surface area contributed by atoms with E-state index in [9.17, 15) is 14.0 Å². The number of nitrogens with one attached hydrogen (secondary N) is 1. The Morgan fingerprint density at radius 2 is 1.83 bits per heavy atom. The van der Waals surface area contributed by atoms with Gasteiger partial charge in [0.05, 0.1) is 11.0 Å². The van der Waals surface area contributed by atoms with Crippen LogP contribution in [0, 0.1) is 11.7 Å². The molecule has 1 aromatic heterocycles. The lowest BCUT2D eigenvalue weighted by molar-refractivity contribution is 0.0928. The van der Waals surface area contributed by atoms with E-state index in [-0.39, 0.29) is 17.1 Å². The molecule has 7 heteroatoms. The van der Waals surface area contributed by atoms with Crippen LogP contribution in [-0.2, 0) is 13.6 Å². The molecule has 30 heavy (non-hydrogen) atoms. The molecule has 0 atom stereocenters. The molecule has 1 fully saturated rings. The average Bonchev–Trinajstić information content (AvgIpc) is 2.77. The molecule has 156 valence electrons. The zero-order chi connectivity index (χ0) is 21.1. The molecular formula is C23H25FN4O2. The molecule has 0 bridgehead atoms. The summed E-state index contributed by atoms with van der Waals surface area (Å²) in [5.74, 6) is -0.276. The molecule has 0 unspecified atom stereocenters. The van der Waals surface area contributed by atoms with Gasteiger partial charge in [-0.25, -0.2) is 9.37 Å². The first kappa shape index (κ1) is 20.2.